The molecule has 0 radical (unpaired) electrons. The number of nitrogens with two attached hydrogens (primary N) is 5. The molecule has 0 bridgehead atoms. The van der Waals surface area contributed by atoms with Crippen molar-refractivity contribution in [3.8, 4) is 5.75 Å². The second-order valence-electron chi connectivity index (χ2n) is 15.1. The van der Waals surface area contributed by atoms with E-state index in [1.54, 1.807) is 19.1 Å². The Balaban J connectivity index is 2.36. The summed E-state index contributed by atoms with van der Waals surface area (Å²) in [7, 11) is 0. The van der Waals surface area contributed by atoms with Gasteiger partial charge in [-0.05, 0) is 74.5 Å². The number of aliphatic carboxylic acids is 1. The Bertz CT molecular complexity index is 1600. The van der Waals surface area contributed by atoms with E-state index in [0.29, 0.717) is 31.2 Å². The van der Waals surface area contributed by atoms with E-state index in [0.717, 1.165) is 0 Å². The van der Waals surface area contributed by atoms with Crippen molar-refractivity contribution in [2.75, 3.05) is 19.6 Å². The lowest BCUT2D eigenvalue weighted by Gasteiger charge is -2.31. The van der Waals surface area contributed by atoms with E-state index < -0.39 is 77.7 Å². The molecule has 324 valence electrons. The summed E-state index contributed by atoms with van der Waals surface area (Å²) in [5.74, 6) is -5.06. The molecule has 1 aromatic carbocycles. The number of phenolic OH excluding ortho intramolecular Hbond substituents is 1. The summed E-state index contributed by atoms with van der Waals surface area (Å²) in [5, 5.41) is 30.4. The van der Waals surface area contributed by atoms with Gasteiger partial charge >= 0.3 is 5.97 Å². The number of likely N-dealkylation sites (tertiary alicyclic amines) is 1. The number of amides is 5. The van der Waals surface area contributed by atoms with Crippen LogP contribution >= 0.6 is 0 Å². The lowest BCUT2D eigenvalue weighted by atomic mass is 9.96. The fraction of sp³-hybridized carbons (Fsp3) is 0.632. The van der Waals surface area contributed by atoms with Gasteiger partial charge in [-0.15, -0.1) is 0 Å². The van der Waals surface area contributed by atoms with Gasteiger partial charge in [0.25, 0.3) is 0 Å². The van der Waals surface area contributed by atoms with Crippen LogP contribution in [0.25, 0.3) is 0 Å². The molecule has 2 rings (SSSR count). The van der Waals surface area contributed by atoms with Gasteiger partial charge in [-0.25, -0.2) is 4.79 Å². The van der Waals surface area contributed by atoms with E-state index >= 15 is 0 Å². The number of nitrogens with one attached hydrogen (secondary N) is 4. The van der Waals surface area contributed by atoms with Crippen molar-refractivity contribution in [1.29, 1.82) is 0 Å². The van der Waals surface area contributed by atoms with Crippen LogP contribution < -0.4 is 49.9 Å². The largest absolute Gasteiger partial charge is 0.508 e. The van der Waals surface area contributed by atoms with Gasteiger partial charge in [-0.1, -0.05) is 46.2 Å². The molecule has 1 aliphatic rings. The summed E-state index contributed by atoms with van der Waals surface area (Å²) in [6, 6.07) is -0.652. The van der Waals surface area contributed by atoms with Crippen molar-refractivity contribution in [3.63, 3.8) is 0 Å². The number of aliphatic imine (C=N–C) groups is 2. The van der Waals surface area contributed by atoms with Crippen LogP contribution in [0.2, 0.25) is 0 Å². The van der Waals surface area contributed by atoms with Gasteiger partial charge in [0.15, 0.2) is 11.9 Å². The molecule has 0 aromatic heterocycles. The van der Waals surface area contributed by atoms with Crippen molar-refractivity contribution >= 4 is 47.4 Å². The third kappa shape index (κ3) is 16.4. The number of carboxylic acids is 1. The third-order valence-electron chi connectivity index (χ3n) is 9.83. The predicted octanol–water partition coefficient (Wildman–Crippen LogP) is -1.52. The number of carboxylic acid groups (broad SMARTS) is 1. The van der Waals surface area contributed by atoms with Gasteiger partial charge in [-0.3, -0.25) is 34.0 Å². The van der Waals surface area contributed by atoms with Crippen LogP contribution in [0.5, 0.6) is 5.75 Å². The fourth-order valence-electron chi connectivity index (χ4n) is 6.45. The zero-order valence-electron chi connectivity index (χ0n) is 34.0. The standard InChI is InChI=1S/C38H64N12O8/c1-5-22(4)30(34(55)48-28(36(57)58)19-21(2)3)49-32(53)27(20-23-12-14-24(51)15-13-23)47-33(54)29-11-8-18-50(29)35(56)26(10-7-17-45-38(42)43)46-31(52)25(39)9-6-16-44-37(40)41/h12-15,21-22,25-30,51H,5-11,16-20,39H2,1-4H3,(H,46,52)(H,47,54)(H,48,55)(H,49,53)(H,57,58)(H4,40,41,44)(H4,42,43,45)/t22-,25-,26-,27-,28-,29-,30-/m0/s1/i11+1,26+1,33+1. The van der Waals surface area contributed by atoms with Gasteiger partial charge in [0.05, 0.1) is 6.04 Å². The minimum absolute atomic E-state index is 0.0105. The molecule has 1 saturated heterocycles. The molecule has 0 spiro atoms. The SMILES string of the molecule is CC[C@H](C)[C@H](NC(=O)[C@H](Cc1ccc(O)cc1)N[13C](=O)[C@@H]1[13CH2]CCN1C(=O)[13C@H](CCCN=C(N)N)NC(=O)[C@@H](N)CCCN=C(N)N)C(=O)N[C@@H](CC(C)C)C(=O)O. The summed E-state index contributed by atoms with van der Waals surface area (Å²) < 4.78 is 0. The molecule has 20 heteroatoms. The number of aromatic hydroxyl groups is 1. The minimum Gasteiger partial charge on any atom is -0.508 e. The highest BCUT2D eigenvalue weighted by Crippen LogP contribution is 2.21. The van der Waals surface area contributed by atoms with E-state index in [2.05, 4.69) is 31.3 Å². The van der Waals surface area contributed by atoms with Gasteiger partial charge in [0.1, 0.15) is 36.0 Å². The molecule has 1 aromatic rings. The van der Waals surface area contributed by atoms with E-state index in [1.165, 1.54) is 17.0 Å². The lowest BCUT2D eigenvalue weighted by Crippen LogP contribution is -2.60. The number of rotatable bonds is 24. The average Bonchev–Trinajstić information content (AvgIpc) is 3.66. The Kier molecular flexibility index (Phi) is 20.2. The van der Waals surface area contributed by atoms with Gasteiger partial charge in [0.2, 0.25) is 29.5 Å². The topological polar surface area (TPSA) is 349 Å². The van der Waals surface area contributed by atoms with Crippen LogP contribution in [0.1, 0.15) is 84.6 Å². The normalized spacial score (nSPS) is 16.8. The van der Waals surface area contributed by atoms with Gasteiger partial charge in [0, 0.05) is 26.1 Å². The lowest BCUT2D eigenvalue weighted by molar-refractivity contribution is -0.143. The van der Waals surface area contributed by atoms with E-state index in [-0.39, 0.29) is 75.3 Å². The second kappa shape index (κ2) is 24.2. The first-order chi connectivity index (χ1) is 27.3. The predicted molar refractivity (Wildman–Crippen MR) is 219 cm³/mol. The van der Waals surface area contributed by atoms with Gasteiger partial charge in [-0.2, -0.15) is 0 Å². The van der Waals surface area contributed by atoms with Crippen LogP contribution in [-0.4, -0.2) is 118 Å². The number of carbonyl (C=O) groups is 6. The molecule has 5 amide bonds. The molecular formula is C38H64N12O8. The first-order valence-corrected chi connectivity index (χ1v) is 19.7. The number of benzene rings is 1. The summed E-state index contributed by atoms with van der Waals surface area (Å²) in [6.07, 6.45) is 2.36. The number of carbonyl (C=O) groups excluding carboxylic acids is 5. The minimum atomic E-state index is -1.26. The molecule has 7 atom stereocenters. The smallest absolute Gasteiger partial charge is 0.326 e. The Labute approximate surface area is 339 Å². The number of nitrogens with zero attached hydrogens (tertiary/aromatic N) is 3. The summed E-state index contributed by atoms with van der Waals surface area (Å²) in [6.45, 7) is 7.84. The maximum absolute atomic E-state index is 14.1. The molecule has 0 aliphatic carbocycles. The first kappa shape index (κ1) is 48.5. The molecule has 1 fully saturated rings. The van der Waals surface area contributed by atoms with E-state index in [4.69, 9.17) is 28.7 Å². The fourth-order valence-corrected chi connectivity index (χ4v) is 6.45. The number of guanidine groups is 2. The molecule has 0 unspecified atom stereocenters. The highest BCUT2D eigenvalue weighted by atomic mass is 16.4. The Hall–Kier alpha value is -5.66. The van der Waals surface area contributed by atoms with Crippen LogP contribution in [0.3, 0.4) is 0 Å². The molecular weight excluding hydrogens is 755 g/mol. The van der Waals surface area contributed by atoms with Crippen LogP contribution in [0.4, 0.5) is 0 Å². The second-order valence-corrected chi connectivity index (χ2v) is 15.1. The highest BCUT2D eigenvalue weighted by molar-refractivity contribution is 5.96. The van der Waals surface area contributed by atoms with Crippen molar-refractivity contribution in [1.82, 2.24) is 26.2 Å². The number of hydrogen-bond donors (Lipinski definition) is 11. The number of hydrogen-bond acceptors (Lipinski definition) is 10. The summed E-state index contributed by atoms with van der Waals surface area (Å²) >= 11 is 0. The first-order valence-electron chi connectivity index (χ1n) is 19.7. The quantitative estimate of drug-likeness (QED) is 0.0245. The summed E-state index contributed by atoms with van der Waals surface area (Å²) in [4.78, 5) is 90.1. The number of phenols is 1. The monoisotopic (exact) mass is 820 g/mol. The van der Waals surface area contributed by atoms with Crippen molar-refractivity contribution < 1.29 is 39.0 Å². The van der Waals surface area contributed by atoms with Crippen molar-refractivity contribution in [2.24, 2.45) is 50.5 Å². The average molecular weight is 820 g/mol. The van der Waals surface area contributed by atoms with Crippen LogP contribution in [-0.2, 0) is 35.2 Å². The van der Waals surface area contributed by atoms with Crippen molar-refractivity contribution in [3.05, 3.63) is 29.8 Å². The van der Waals surface area contributed by atoms with Gasteiger partial charge < -0.3 is 65.0 Å². The summed E-state index contributed by atoms with van der Waals surface area (Å²) in [5.41, 5.74) is 28.3. The molecule has 58 heavy (non-hydrogen) atoms. The zero-order valence-corrected chi connectivity index (χ0v) is 34.0. The van der Waals surface area contributed by atoms with Crippen molar-refractivity contribution in [2.45, 2.75) is 122 Å². The molecule has 20 nitrogen and oxygen atoms in total. The van der Waals surface area contributed by atoms with E-state index in [9.17, 15) is 39.0 Å². The third-order valence-corrected chi connectivity index (χ3v) is 9.83. The molecule has 1 heterocycles. The van der Waals surface area contributed by atoms with E-state index in [1.807, 2.05) is 20.8 Å². The molecule has 0 saturated carbocycles. The molecule has 16 N–H and O–H groups in total. The maximum atomic E-state index is 14.1. The highest BCUT2D eigenvalue weighted by Gasteiger charge is 2.40. The zero-order chi connectivity index (χ0) is 43.5. The maximum Gasteiger partial charge on any atom is 0.326 e. The molecule has 1 aliphatic heterocycles. The van der Waals surface area contributed by atoms with Crippen LogP contribution in [0, 0.1) is 11.8 Å². The Morgan fingerprint density at radius 3 is 1.95 bits per heavy atom. The Morgan fingerprint density at radius 1 is 0.810 bits per heavy atom. The Morgan fingerprint density at radius 2 is 1.40 bits per heavy atom. The van der Waals surface area contributed by atoms with Crippen LogP contribution in [0.15, 0.2) is 34.3 Å².